The van der Waals surface area contributed by atoms with E-state index in [4.69, 9.17) is 23.1 Å². The average Bonchev–Trinajstić information content (AvgIpc) is 3.02. The first-order valence-corrected chi connectivity index (χ1v) is 15.8. The van der Waals surface area contributed by atoms with Crippen molar-refractivity contribution in [2.45, 2.75) is 41.4 Å². The van der Waals surface area contributed by atoms with E-state index in [1.54, 1.807) is 48.5 Å². The molecule has 0 saturated heterocycles. The molecule has 0 amide bonds. The third-order valence-corrected chi connectivity index (χ3v) is 10.0. The third-order valence-electron chi connectivity index (χ3n) is 7.99. The number of halogens is 1. The Morgan fingerprint density at radius 3 is 1.60 bits per heavy atom. The molecule has 0 spiro atoms. The standard InChI is InChI=1S/C22H19ClO3.C12H12N2O2S/c23-16-11-9-14(10-12-16)13-5-7-15(8-6-13)19-20(24)17-3-1-2-4-18(17)21(25)22(19)26;13-9-1-5-11(6-2-9)17(15,16)12-7-3-10(14)4-8-12/h1-4,9-13,15,24H,5-8H2;1-8H,13-14H2. The van der Waals surface area contributed by atoms with Crippen LogP contribution >= 0.6 is 11.6 Å². The van der Waals surface area contributed by atoms with Gasteiger partial charge in [-0.05, 0) is 104 Å². The zero-order valence-electron chi connectivity index (χ0n) is 23.2. The Morgan fingerprint density at radius 2 is 1.09 bits per heavy atom. The van der Waals surface area contributed by atoms with Gasteiger partial charge in [0.25, 0.3) is 0 Å². The zero-order chi connectivity index (χ0) is 30.7. The predicted octanol–water partition coefficient (Wildman–Crippen LogP) is 7.03. The second-order valence-electron chi connectivity index (χ2n) is 10.7. The lowest BCUT2D eigenvalue weighted by Crippen LogP contribution is -2.29. The minimum atomic E-state index is -3.48. The quantitative estimate of drug-likeness (QED) is 0.165. The number of nitrogen functional groups attached to an aromatic ring is 2. The highest BCUT2D eigenvalue weighted by Crippen LogP contribution is 2.42. The molecule has 7 nitrogen and oxygen atoms in total. The number of benzene rings is 4. The fourth-order valence-corrected chi connectivity index (χ4v) is 7.03. The van der Waals surface area contributed by atoms with Crippen molar-refractivity contribution in [2.75, 3.05) is 11.5 Å². The predicted molar refractivity (Wildman–Crippen MR) is 169 cm³/mol. The molecule has 4 aromatic rings. The fraction of sp³-hybridized carbons (Fsp3) is 0.176. The Kier molecular flexibility index (Phi) is 8.71. The van der Waals surface area contributed by atoms with Gasteiger partial charge in [0.2, 0.25) is 21.4 Å². The van der Waals surface area contributed by atoms with Gasteiger partial charge in [-0.15, -0.1) is 0 Å². The number of carbonyl (C=O) groups excluding carboxylic acids is 2. The molecule has 0 bridgehead atoms. The highest BCUT2D eigenvalue weighted by Gasteiger charge is 2.38. The molecule has 0 aromatic heterocycles. The van der Waals surface area contributed by atoms with Crippen LogP contribution in [0.1, 0.15) is 53.1 Å². The van der Waals surface area contributed by atoms with Crippen molar-refractivity contribution in [1.82, 2.24) is 0 Å². The summed E-state index contributed by atoms with van der Waals surface area (Å²) in [5.41, 5.74) is 14.4. The van der Waals surface area contributed by atoms with E-state index < -0.39 is 21.4 Å². The summed E-state index contributed by atoms with van der Waals surface area (Å²) in [6.07, 6.45) is 3.42. The van der Waals surface area contributed by atoms with Crippen LogP contribution in [0.5, 0.6) is 0 Å². The largest absolute Gasteiger partial charge is 0.507 e. The van der Waals surface area contributed by atoms with Crippen LogP contribution in [0.2, 0.25) is 5.02 Å². The Balaban J connectivity index is 0.000000188. The maximum absolute atomic E-state index is 12.6. The summed E-state index contributed by atoms with van der Waals surface area (Å²) in [4.78, 5) is 25.5. The summed E-state index contributed by atoms with van der Waals surface area (Å²) in [5, 5.41) is 11.4. The smallest absolute Gasteiger partial charge is 0.234 e. The van der Waals surface area contributed by atoms with Crippen LogP contribution in [0.15, 0.2) is 112 Å². The van der Waals surface area contributed by atoms with Gasteiger partial charge >= 0.3 is 0 Å². The number of Topliss-reactive ketones (excluding diaryl/α,β-unsaturated/α-hetero) is 2. The molecule has 1 saturated carbocycles. The molecule has 2 aliphatic rings. The van der Waals surface area contributed by atoms with Crippen LogP contribution in [0, 0.1) is 5.92 Å². The van der Waals surface area contributed by atoms with Crippen LogP contribution in [-0.2, 0) is 14.6 Å². The van der Waals surface area contributed by atoms with E-state index in [2.05, 4.69) is 12.1 Å². The zero-order valence-corrected chi connectivity index (χ0v) is 24.8. The first-order chi connectivity index (χ1) is 20.6. The molecule has 220 valence electrons. The number of hydrogen-bond acceptors (Lipinski definition) is 7. The van der Waals surface area contributed by atoms with Crippen LogP contribution in [-0.4, -0.2) is 25.1 Å². The Bertz CT molecular complexity index is 1740. The lowest BCUT2D eigenvalue weighted by atomic mass is 9.72. The molecule has 0 heterocycles. The summed E-state index contributed by atoms with van der Waals surface area (Å²) in [5.74, 6) is -0.708. The van der Waals surface area contributed by atoms with Gasteiger partial charge in [0, 0.05) is 33.1 Å². The molecule has 1 fully saturated rings. The number of ketones is 2. The molecule has 0 unspecified atom stereocenters. The van der Waals surface area contributed by atoms with Crippen molar-refractivity contribution >= 4 is 50.1 Å². The fourth-order valence-electron chi connectivity index (χ4n) is 5.64. The van der Waals surface area contributed by atoms with Gasteiger partial charge in [-0.2, -0.15) is 0 Å². The van der Waals surface area contributed by atoms with Crippen molar-refractivity contribution in [2.24, 2.45) is 5.92 Å². The summed E-state index contributed by atoms with van der Waals surface area (Å²) in [7, 11) is -3.48. The van der Waals surface area contributed by atoms with Crippen LogP contribution in [0.25, 0.3) is 5.76 Å². The minimum absolute atomic E-state index is 0.0138. The Labute approximate surface area is 255 Å². The van der Waals surface area contributed by atoms with Crippen LogP contribution in [0.4, 0.5) is 11.4 Å². The molecule has 4 aromatic carbocycles. The van der Waals surface area contributed by atoms with E-state index in [9.17, 15) is 23.1 Å². The van der Waals surface area contributed by atoms with Crippen LogP contribution < -0.4 is 11.5 Å². The van der Waals surface area contributed by atoms with E-state index in [1.165, 1.54) is 29.8 Å². The topological polar surface area (TPSA) is 141 Å². The highest BCUT2D eigenvalue weighted by atomic mass is 35.5. The lowest BCUT2D eigenvalue weighted by molar-refractivity contribution is -0.112. The Morgan fingerprint density at radius 1 is 0.628 bits per heavy atom. The van der Waals surface area contributed by atoms with Crippen molar-refractivity contribution < 1.29 is 23.1 Å². The number of sulfone groups is 1. The van der Waals surface area contributed by atoms with Gasteiger partial charge < -0.3 is 16.6 Å². The van der Waals surface area contributed by atoms with E-state index in [1.807, 2.05) is 12.1 Å². The highest BCUT2D eigenvalue weighted by molar-refractivity contribution is 7.91. The molecule has 2 aliphatic carbocycles. The molecule has 0 aliphatic heterocycles. The second-order valence-corrected chi connectivity index (χ2v) is 13.1. The summed E-state index contributed by atoms with van der Waals surface area (Å²) in [6, 6.07) is 26.9. The number of allylic oxidation sites excluding steroid dienone is 1. The summed E-state index contributed by atoms with van der Waals surface area (Å²) in [6.45, 7) is 0. The average molecular weight is 615 g/mol. The third kappa shape index (κ3) is 6.35. The van der Waals surface area contributed by atoms with E-state index >= 15 is 0 Å². The number of carbonyl (C=O) groups is 2. The monoisotopic (exact) mass is 614 g/mol. The summed E-state index contributed by atoms with van der Waals surface area (Å²) >= 11 is 5.96. The maximum Gasteiger partial charge on any atom is 0.234 e. The van der Waals surface area contributed by atoms with Gasteiger partial charge in [-0.25, -0.2) is 8.42 Å². The van der Waals surface area contributed by atoms with Gasteiger partial charge in [-0.1, -0.05) is 48.0 Å². The number of anilines is 2. The minimum Gasteiger partial charge on any atom is -0.507 e. The molecule has 6 rings (SSSR count). The molecule has 5 N–H and O–H groups in total. The molecule has 0 atom stereocenters. The number of nitrogens with two attached hydrogens (primary N) is 2. The lowest BCUT2D eigenvalue weighted by Gasteiger charge is -2.31. The van der Waals surface area contributed by atoms with E-state index in [0.29, 0.717) is 34.0 Å². The molecular weight excluding hydrogens is 584 g/mol. The maximum atomic E-state index is 12.6. The van der Waals surface area contributed by atoms with E-state index in [-0.39, 0.29) is 21.5 Å². The number of fused-ring (bicyclic) bond motifs is 1. The first-order valence-electron chi connectivity index (χ1n) is 13.9. The van der Waals surface area contributed by atoms with Crippen molar-refractivity contribution in [1.29, 1.82) is 0 Å². The van der Waals surface area contributed by atoms with E-state index in [0.717, 1.165) is 30.7 Å². The number of aliphatic hydroxyl groups excluding tert-OH is 1. The van der Waals surface area contributed by atoms with Crippen molar-refractivity contribution in [3.63, 3.8) is 0 Å². The molecule has 0 radical (unpaired) electrons. The van der Waals surface area contributed by atoms with Gasteiger partial charge in [0.15, 0.2) is 0 Å². The number of rotatable bonds is 4. The number of aliphatic hydroxyl groups is 1. The SMILES string of the molecule is Nc1ccc(S(=O)(=O)c2ccc(N)cc2)cc1.O=C1C(=O)c2ccccc2C(O)=C1C1CCC(c2ccc(Cl)cc2)CC1. The van der Waals surface area contributed by atoms with Crippen molar-refractivity contribution in [3.8, 4) is 0 Å². The molecular formula is C34H31ClN2O5S. The van der Waals surface area contributed by atoms with Gasteiger partial charge in [0.05, 0.1) is 9.79 Å². The van der Waals surface area contributed by atoms with Gasteiger partial charge in [0.1, 0.15) is 5.76 Å². The summed E-state index contributed by atoms with van der Waals surface area (Å²) < 4.78 is 24.3. The Hall–Kier alpha value is -4.40. The van der Waals surface area contributed by atoms with Crippen LogP contribution in [0.3, 0.4) is 0 Å². The molecule has 43 heavy (non-hydrogen) atoms. The second kappa shape index (κ2) is 12.5. The number of hydrogen-bond donors (Lipinski definition) is 3. The van der Waals surface area contributed by atoms with Crippen molar-refractivity contribution in [3.05, 3.63) is 124 Å². The first kappa shape index (κ1) is 30.1. The normalized spacial score (nSPS) is 18.4. The molecule has 9 heteroatoms. The van der Waals surface area contributed by atoms with Gasteiger partial charge in [-0.3, -0.25) is 9.59 Å².